The maximum Gasteiger partial charge on any atom is 0.271 e. The van der Waals surface area contributed by atoms with Crippen molar-refractivity contribution >= 4 is 28.3 Å². The number of non-ortho nitro benzene ring substituents is 1. The Morgan fingerprint density at radius 3 is 2.28 bits per heavy atom. The number of piperidine rings is 1. The lowest BCUT2D eigenvalue weighted by Gasteiger charge is -2.43. The third-order valence-corrected chi connectivity index (χ3v) is 7.39. The van der Waals surface area contributed by atoms with Gasteiger partial charge < -0.3 is 10.2 Å². The fourth-order valence-electron chi connectivity index (χ4n) is 5.52. The molecule has 3 aromatic carbocycles. The maximum atomic E-state index is 13.0. The van der Waals surface area contributed by atoms with Gasteiger partial charge in [0.2, 0.25) is 5.91 Å². The largest absolute Gasteiger partial charge is 0.339 e. The van der Waals surface area contributed by atoms with Gasteiger partial charge in [0.1, 0.15) is 11.4 Å². The van der Waals surface area contributed by atoms with Gasteiger partial charge in [-0.3, -0.25) is 24.4 Å². The molecule has 4 aromatic rings. The zero-order chi connectivity index (χ0) is 24.7. The molecule has 0 bridgehead atoms. The Balaban J connectivity index is 1.29. The Kier molecular flexibility index (Phi) is 5.41. The molecule has 0 unspecified atom stereocenters. The second kappa shape index (κ2) is 8.76. The van der Waals surface area contributed by atoms with E-state index in [-0.39, 0.29) is 11.6 Å². The molecular weight excluding hydrogens is 456 g/mol. The molecule has 2 saturated heterocycles. The monoisotopic (exact) mass is 482 g/mol. The van der Waals surface area contributed by atoms with Crippen LogP contribution in [0.15, 0.2) is 78.9 Å². The highest BCUT2D eigenvalue weighted by Gasteiger charge is 2.50. The number of amides is 1. The van der Waals surface area contributed by atoms with E-state index in [4.69, 9.17) is 4.98 Å². The van der Waals surface area contributed by atoms with E-state index < -0.39 is 10.5 Å². The van der Waals surface area contributed by atoms with Crippen LogP contribution in [-0.4, -0.2) is 50.6 Å². The first-order valence-electron chi connectivity index (χ1n) is 12.1. The molecule has 182 valence electrons. The van der Waals surface area contributed by atoms with Gasteiger partial charge in [-0.05, 0) is 43.2 Å². The first kappa shape index (κ1) is 22.2. The standard InChI is InChI=1S/C27H26N6O3/c34-26-27(31(19-28-26)20-7-3-1-4-8-20)13-15-30(16-14-27)18-25-29-23-17-22(33(35)36)11-12-24(23)32(25)21-9-5-2-6-10-21/h1-12,17H,13-16,18-19H2,(H,28,34). The Bertz CT molecular complexity index is 1430. The minimum Gasteiger partial charge on any atom is -0.339 e. The average molecular weight is 483 g/mol. The average Bonchev–Trinajstić information content (AvgIpc) is 3.43. The van der Waals surface area contributed by atoms with E-state index in [2.05, 4.69) is 31.8 Å². The van der Waals surface area contributed by atoms with Gasteiger partial charge in [0.15, 0.2) is 0 Å². The van der Waals surface area contributed by atoms with E-state index in [0.717, 1.165) is 35.8 Å². The van der Waals surface area contributed by atoms with Crippen molar-refractivity contribution in [1.29, 1.82) is 0 Å². The van der Waals surface area contributed by atoms with Crippen LogP contribution >= 0.6 is 0 Å². The van der Waals surface area contributed by atoms with Gasteiger partial charge in [0.25, 0.3) is 5.69 Å². The van der Waals surface area contributed by atoms with Crippen molar-refractivity contribution in [3.05, 3.63) is 94.8 Å². The highest BCUT2D eigenvalue weighted by Crippen LogP contribution is 2.36. The first-order valence-corrected chi connectivity index (χ1v) is 12.1. The summed E-state index contributed by atoms with van der Waals surface area (Å²) in [6.45, 7) is 2.59. The molecule has 1 spiro atoms. The van der Waals surface area contributed by atoms with Crippen LogP contribution in [0.2, 0.25) is 0 Å². The summed E-state index contributed by atoms with van der Waals surface area (Å²) < 4.78 is 2.07. The number of nitro groups is 1. The van der Waals surface area contributed by atoms with Crippen molar-refractivity contribution < 1.29 is 9.72 Å². The molecule has 0 atom stereocenters. The summed E-state index contributed by atoms with van der Waals surface area (Å²) in [5.41, 5.74) is 2.93. The zero-order valence-corrected chi connectivity index (χ0v) is 19.7. The van der Waals surface area contributed by atoms with Crippen molar-refractivity contribution in [2.45, 2.75) is 24.9 Å². The minimum absolute atomic E-state index is 0.0277. The van der Waals surface area contributed by atoms with Gasteiger partial charge >= 0.3 is 0 Å². The van der Waals surface area contributed by atoms with Gasteiger partial charge in [-0.2, -0.15) is 0 Å². The molecule has 3 heterocycles. The molecule has 0 radical (unpaired) electrons. The number of nitrogens with zero attached hydrogens (tertiary/aromatic N) is 5. The van der Waals surface area contributed by atoms with E-state index in [9.17, 15) is 14.9 Å². The highest BCUT2D eigenvalue weighted by atomic mass is 16.6. The fourth-order valence-corrected chi connectivity index (χ4v) is 5.52. The topological polar surface area (TPSA) is 96.5 Å². The Morgan fingerprint density at radius 1 is 0.944 bits per heavy atom. The molecule has 2 aliphatic heterocycles. The van der Waals surface area contributed by atoms with Crippen LogP contribution in [0.3, 0.4) is 0 Å². The molecule has 36 heavy (non-hydrogen) atoms. The molecule has 9 heteroatoms. The number of benzene rings is 3. The number of nitro benzene ring substituents is 1. The molecular formula is C27H26N6O3. The number of imidazole rings is 1. The second-order valence-electron chi connectivity index (χ2n) is 9.36. The Morgan fingerprint density at radius 2 is 1.61 bits per heavy atom. The molecule has 2 aliphatic rings. The molecule has 6 rings (SSSR count). The SMILES string of the molecule is O=C1NCN(c2ccccc2)C12CCN(Cc1nc3cc([N+](=O)[O-])ccc3n1-c1ccccc1)CC2. The normalized spacial score (nSPS) is 17.6. The van der Waals surface area contributed by atoms with Crippen LogP contribution in [0.1, 0.15) is 18.7 Å². The number of hydrogen-bond donors (Lipinski definition) is 1. The summed E-state index contributed by atoms with van der Waals surface area (Å²) in [5.74, 6) is 0.915. The number of aromatic nitrogens is 2. The van der Waals surface area contributed by atoms with Crippen LogP contribution in [0.4, 0.5) is 11.4 Å². The number of anilines is 1. The van der Waals surface area contributed by atoms with E-state index in [1.165, 1.54) is 12.1 Å². The predicted molar refractivity (Wildman–Crippen MR) is 137 cm³/mol. The van der Waals surface area contributed by atoms with Crippen LogP contribution in [-0.2, 0) is 11.3 Å². The molecule has 1 N–H and O–H groups in total. The van der Waals surface area contributed by atoms with Crippen molar-refractivity contribution in [3.8, 4) is 5.69 Å². The highest BCUT2D eigenvalue weighted by molar-refractivity contribution is 5.93. The Hall–Kier alpha value is -4.24. The van der Waals surface area contributed by atoms with Crippen molar-refractivity contribution in [2.75, 3.05) is 24.7 Å². The molecule has 2 fully saturated rings. The summed E-state index contributed by atoms with van der Waals surface area (Å²) in [6, 6.07) is 24.8. The number of likely N-dealkylation sites (tertiary alicyclic amines) is 1. The molecule has 1 amide bonds. The fraction of sp³-hybridized carbons (Fsp3) is 0.259. The number of fused-ring (bicyclic) bond motifs is 1. The maximum absolute atomic E-state index is 13.0. The van der Waals surface area contributed by atoms with Crippen LogP contribution in [0.5, 0.6) is 0 Å². The molecule has 1 aromatic heterocycles. The minimum atomic E-state index is -0.544. The summed E-state index contributed by atoms with van der Waals surface area (Å²) in [5, 5.41) is 14.4. The first-order chi connectivity index (χ1) is 17.5. The second-order valence-corrected chi connectivity index (χ2v) is 9.36. The van der Waals surface area contributed by atoms with Crippen LogP contribution < -0.4 is 10.2 Å². The van der Waals surface area contributed by atoms with E-state index >= 15 is 0 Å². The quantitative estimate of drug-likeness (QED) is 0.343. The van der Waals surface area contributed by atoms with E-state index in [1.54, 1.807) is 6.07 Å². The summed E-state index contributed by atoms with van der Waals surface area (Å²) in [6.07, 6.45) is 1.43. The summed E-state index contributed by atoms with van der Waals surface area (Å²) >= 11 is 0. The predicted octanol–water partition coefficient (Wildman–Crippen LogP) is 3.86. The van der Waals surface area contributed by atoms with Crippen molar-refractivity contribution in [1.82, 2.24) is 19.8 Å². The van der Waals surface area contributed by atoms with Crippen LogP contribution in [0, 0.1) is 10.1 Å². The van der Waals surface area contributed by atoms with E-state index in [1.807, 2.05) is 48.5 Å². The number of carbonyl (C=O) groups is 1. The van der Waals surface area contributed by atoms with Crippen molar-refractivity contribution in [2.24, 2.45) is 0 Å². The molecule has 0 saturated carbocycles. The molecule has 0 aliphatic carbocycles. The van der Waals surface area contributed by atoms with Gasteiger partial charge in [-0.15, -0.1) is 0 Å². The lowest BCUT2D eigenvalue weighted by atomic mass is 9.85. The van der Waals surface area contributed by atoms with Gasteiger partial charge in [-0.1, -0.05) is 36.4 Å². The Labute approximate surface area is 208 Å². The third kappa shape index (κ3) is 3.68. The van der Waals surface area contributed by atoms with Crippen LogP contribution in [0.25, 0.3) is 16.7 Å². The number of rotatable bonds is 5. The summed E-state index contributed by atoms with van der Waals surface area (Å²) in [4.78, 5) is 33.3. The van der Waals surface area contributed by atoms with Gasteiger partial charge in [0, 0.05) is 36.6 Å². The zero-order valence-electron chi connectivity index (χ0n) is 19.7. The summed E-state index contributed by atoms with van der Waals surface area (Å²) in [7, 11) is 0. The lowest BCUT2D eigenvalue weighted by molar-refractivity contribution is -0.384. The number of hydrogen-bond acceptors (Lipinski definition) is 6. The van der Waals surface area contributed by atoms with Gasteiger partial charge in [-0.25, -0.2) is 4.98 Å². The van der Waals surface area contributed by atoms with E-state index in [0.29, 0.717) is 31.6 Å². The lowest BCUT2D eigenvalue weighted by Crippen LogP contribution is -2.56. The smallest absolute Gasteiger partial charge is 0.271 e. The molecule has 9 nitrogen and oxygen atoms in total. The number of nitrogens with one attached hydrogen (secondary N) is 1. The third-order valence-electron chi connectivity index (χ3n) is 7.39. The number of carbonyl (C=O) groups excluding carboxylic acids is 1. The van der Waals surface area contributed by atoms with Gasteiger partial charge in [0.05, 0.1) is 29.2 Å². The van der Waals surface area contributed by atoms with Crippen molar-refractivity contribution in [3.63, 3.8) is 0 Å². The number of para-hydroxylation sites is 2.